The van der Waals surface area contributed by atoms with Crippen LogP contribution in [-0.2, 0) is 15.6 Å². The van der Waals surface area contributed by atoms with E-state index in [4.69, 9.17) is 8.85 Å². The topological polar surface area (TPSA) is 59.6 Å². The smallest absolute Gasteiger partial charge is 0.250 e. The Hall–Kier alpha value is -5.20. The molecule has 6 aliphatic rings. The Balaban J connectivity index is 1.22. The fourth-order valence-corrected chi connectivity index (χ4v) is 15.6. The van der Waals surface area contributed by atoms with Crippen LogP contribution in [0, 0.1) is 11.8 Å². The number of carbonyl (C=O) groups is 1. The highest BCUT2D eigenvalue weighted by Crippen LogP contribution is 2.66. The molecule has 4 aromatic carbocycles. The van der Waals surface area contributed by atoms with Crippen LogP contribution in [0.3, 0.4) is 0 Å². The Bertz CT molecular complexity index is 2890. The number of Topliss-reactive ketones (excluding diaryl/α,β-unsaturated/α-hetero) is 1. The van der Waals surface area contributed by atoms with Gasteiger partial charge in [0.15, 0.2) is 0 Å². The fourth-order valence-electron chi connectivity index (χ4n) is 11.4. The Kier molecular flexibility index (Phi) is 12.1. The number of hydrogen-bond acceptors (Lipinski definition) is 7. The van der Waals surface area contributed by atoms with Gasteiger partial charge in [0.05, 0.1) is 10.8 Å². The maximum absolute atomic E-state index is 17.1. The first kappa shape index (κ1) is 48.4. The number of benzene rings is 4. The lowest BCUT2D eigenvalue weighted by molar-refractivity contribution is -0.128. The van der Waals surface area contributed by atoms with Crippen LogP contribution >= 0.6 is 23.5 Å². The van der Waals surface area contributed by atoms with Crippen molar-refractivity contribution in [1.29, 1.82) is 0 Å². The molecule has 2 aliphatic carbocycles. The molecule has 70 heavy (non-hydrogen) atoms. The number of carbonyl (C=O) groups excluding carboxylic acids is 1. The summed E-state index contributed by atoms with van der Waals surface area (Å²) in [6.07, 6.45) is 20.9. The van der Waals surface area contributed by atoms with Crippen LogP contribution in [0.15, 0.2) is 167 Å². The summed E-state index contributed by atoms with van der Waals surface area (Å²) in [7, 11) is -4.39. The van der Waals surface area contributed by atoms with Gasteiger partial charge < -0.3 is 19.5 Å². The van der Waals surface area contributed by atoms with Crippen molar-refractivity contribution in [2.75, 3.05) is 11.5 Å². The molecule has 0 radical (unpaired) electrons. The van der Waals surface area contributed by atoms with E-state index in [-0.39, 0.29) is 15.9 Å². The molecule has 0 aromatic heterocycles. The van der Waals surface area contributed by atoms with Gasteiger partial charge in [-0.3, -0.25) is 4.79 Å². The van der Waals surface area contributed by atoms with Gasteiger partial charge in [-0.25, -0.2) is 0 Å². The number of fused-ring (bicyclic) bond motifs is 8. The van der Waals surface area contributed by atoms with E-state index in [2.05, 4.69) is 214 Å². The third-order valence-corrected chi connectivity index (χ3v) is 27.8. The Morgan fingerprint density at radius 2 is 0.957 bits per heavy atom. The molecular weight excluding hydrogens is 929 g/mol. The molecule has 0 bridgehead atoms. The molecular formula is C61H68N2O3S2Si2. The summed E-state index contributed by atoms with van der Waals surface area (Å²) in [4.78, 5) is 19.6. The van der Waals surface area contributed by atoms with Crippen LogP contribution < -0.4 is 19.5 Å². The predicted molar refractivity (Wildman–Crippen MR) is 302 cm³/mol. The summed E-state index contributed by atoms with van der Waals surface area (Å²) in [6.45, 7) is 27.5. The van der Waals surface area contributed by atoms with Crippen molar-refractivity contribution in [3.05, 3.63) is 191 Å². The normalized spacial score (nSPS) is 22.2. The maximum atomic E-state index is 17.1. The van der Waals surface area contributed by atoms with Gasteiger partial charge in [0.1, 0.15) is 17.3 Å². The van der Waals surface area contributed by atoms with Crippen LogP contribution in [0.1, 0.15) is 88.8 Å². The molecule has 0 fully saturated rings. The zero-order chi connectivity index (χ0) is 49.6. The van der Waals surface area contributed by atoms with Crippen molar-refractivity contribution in [2.24, 2.45) is 11.8 Å². The van der Waals surface area contributed by atoms with E-state index >= 15 is 4.79 Å². The van der Waals surface area contributed by atoms with Crippen molar-refractivity contribution in [1.82, 2.24) is 10.6 Å². The zero-order valence-electron chi connectivity index (χ0n) is 43.0. The van der Waals surface area contributed by atoms with Gasteiger partial charge in [-0.2, -0.15) is 0 Å². The first-order valence-corrected chi connectivity index (χ1v) is 32.8. The quantitative estimate of drug-likeness (QED) is 0.154. The highest BCUT2D eigenvalue weighted by Gasteiger charge is 2.61. The number of rotatable bonds is 10. The highest BCUT2D eigenvalue weighted by atomic mass is 32.2. The van der Waals surface area contributed by atoms with Crippen molar-refractivity contribution in [3.8, 4) is 11.5 Å². The third kappa shape index (κ3) is 7.50. The molecule has 4 heterocycles. The van der Waals surface area contributed by atoms with Gasteiger partial charge in [-0.05, 0) is 153 Å². The summed E-state index contributed by atoms with van der Waals surface area (Å²) in [5.74, 6) is 2.46. The Morgan fingerprint density at radius 3 is 1.36 bits per heavy atom. The van der Waals surface area contributed by atoms with E-state index in [1.807, 2.05) is 48.1 Å². The summed E-state index contributed by atoms with van der Waals surface area (Å²) in [6, 6.07) is 31.2. The molecule has 9 heteroatoms. The molecule has 0 spiro atoms. The number of nitrogens with one attached hydrogen (secondary N) is 2. The third-order valence-electron chi connectivity index (χ3n) is 16.9. The van der Waals surface area contributed by atoms with Crippen molar-refractivity contribution in [3.63, 3.8) is 0 Å². The molecule has 0 saturated heterocycles. The van der Waals surface area contributed by atoms with Gasteiger partial charge in [0.2, 0.25) is 16.6 Å². The van der Waals surface area contributed by atoms with Crippen LogP contribution in [-0.4, -0.2) is 33.9 Å². The average molecular weight is 998 g/mol. The van der Waals surface area contributed by atoms with Gasteiger partial charge in [0.25, 0.3) is 0 Å². The molecule has 0 amide bonds. The minimum Gasteiger partial charge on any atom is -0.543 e. The van der Waals surface area contributed by atoms with Crippen LogP contribution in [0.5, 0.6) is 11.5 Å². The standard InChI is InChI=1S/C61H68N2O3S2Si2/c1-39(60(53-27-15-13-21-33-62-53)49-31-29-41(65-69(9,10)58(3,4)5)35-45(49)47-37-67-51-25-19-17-23-43(51)55(47)60)57(64)40(2)61(54-28-16-14-22-34-63-54)50-32-30-42(66-70(11,12)59(6,7)8)36-46(50)48-38-68-52-26-20-18-24-44(52)56(48)61/h13-36,39-40,62-63H,37-38H2,1-12H3. The summed E-state index contributed by atoms with van der Waals surface area (Å²) in [5, 5.41) is 7.68. The lowest BCUT2D eigenvalue weighted by Gasteiger charge is -2.47. The Labute approximate surface area is 427 Å². The van der Waals surface area contributed by atoms with E-state index in [0.29, 0.717) is 0 Å². The fraction of sp³-hybridized carbons (Fsp3) is 0.328. The molecule has 10 rings (SSSR count). The van der Waals surface area contributed by atoms with Crippen LogP contribution in [0.25, 0.3) is 22.3 Å². The van der Waals surface area contributed by atoms with Crippen LogP contribution in [0.4, 0.5) is 0 Å². The van der Waals surface area contributed by atoms with Gasteiger partial charge in [0, 0.05) is 56.9 Å². The van der Waals surface area contributed by atoms with Crippen molar-refractivity contribution in [2.45, 2.75) is 112 Å². The van der Waals surface area contributed by atoms with E-state index in [9.17, 15) is 0 Å². The zero-order valence-corrected chi connectivity index (χ0v) is 46.6. The maximum Gasteiger partial charge on any atom is 0.250 e. The molecule has 4 aliphatic heterocycles. The monoisotopic (exact) mass is 996 g/mol. The van der Waals surface area contributed by atoms with Crippen LogP contribution in [0.2, 0.25) is 36.3 Å². The minimum absolute atomic E-state index is 0.0267. The van der Waals surface area contributed by atoms with Gasteiger partial charge in [-0.15, -0.1) is 23.5 Å². The molecule has 0 saturated carbocycles. The number of allylic oxidation sites excluding steroid dienone is 10. The summed E-state index contributed by atoms with van der Waals surface area (Å²) < 4.78 is 14.2. The second kappa shape index (κ2) is 17.5. The summed E-state index contributed by atoms with van der Waals surface area (Å²) in [5.41, 5.74) is 12.1. The molecule has 360 valence electrons. The minimum atomic E-state index is -2.20. The summed E-state index contributed by atoms with van der Waals surface area (Å²) >= 11 is 3.77. The largest absolute Gasteiger partial charge is 0.543 e. The van der Waals surface area contributed by atoms with E-state index < -0.39 is 39.3 Å². The lowest BCUT2D eigenvalue weighted by atomic mass is 9.56. The van der Waals surface area contributed by atoms with Gasteiger partial charge >= 0.3 is 0 Å². The van der Waals surface area contributed by atoms with E-state index in [1.165, 1.54) is 54.3 Å². The molecule has 4 unspecified atom stereocenters. The molecule has 2 N–H and O–H groups in total. The average Bonchev–Trinajstić information content (AvgIpc) is 3.48. The van der Waals surface area contributed by atoms with Gasteiger partial charge in [-0.1, -0.05) is 128 Å². The van der Waals surface area contributed by atoms with E-state index in [0.717, 1.165) is 45.5 Å². The lowest BCUT2D eigenvalue weighted by Crippen LogP contribution is -2.50. The molecule has 4 aromatic rings. The number of ketones is 1. The van der Waals surface area contributed by atoms with E-state index in [1.54, 1.807) is 0 Å². The Morgan fingerprint density at radius 1 is 0.557 bits per heavy atom. The number of hydrogen-bond donors (Lipinski definition) is 2. The van der Waals surface area contributed by atoms with Crippen molar-refractivity contribution < 1.29 is 13.6 Å². The highest BCUT2D eigenvalue weighted by molar-refractivity contribution is 8.00. The second-order valence-electron chi connectivity index (χ2n) is 22.8. The second-order valence-corrected chi connectivity index (χ2v) is 34.3. The first-order valence-electron chi connectivity index (χ1n) is 25.0. The molecule has 4 atom stereocenters. The molecule has 5 nitrogen and oxygen atoms in total. The predicted octanol–water partition coefficient (Wildman–Crippen LogP) is 15.6. The van der Waals surface area contributed by atoms with Crippen molar-refractivity contribution >= 4 is 68.2 Å². The SMILES string of the molecule is CC(C(=O)C(C)C1(C2=CC=CC=CN2)C2=C(CSc3ccccc32)c2cc(O[Si](C)(C)C(C)(C)C)ccc21)C1(C2=CC=CC=CN2)C2=C(CSc3ccccc32)c2cc(O[Si](C)(C)C(C)(C)C)ccc21. The first-order chi connectivity index (χ1) is 33.2. The number of thioether (sulfide) groups is 2.